The standard InChI is InChI=1S/C40H44N6O4.C32H36N6O3.C30H27IN2O4.C10H18N4/c1-27-24-42-37(25-41-27)35(14-15-45(2)3)43-31-10-13-38-30(21-31)20-29-6-5-7-34(40(29)50-38)36-22-32(46-16-18-48-19-17-46)23-39(44-36)49-26-28-8-11-33(47-4)12-9-28;1-21-19-34-29(20-33-21)27(9-10-37(2)3)35-24-7-8-30-23(16-24)15-22-5-4-6-26(32(22)41-30)28-17-25(18-31(39)36-28)38-11-13-40-14-12-38;1-34-25-8-5-20(6-9-25)19-36-29-18-24(33-11-13-35-14-12-33)17-27(32-29)26-4-2-3-21-15-22-16-23(31)7-10-28(22)37-30(21)26;1-8-6-13-10(7-12-8)9(11)4-5-14(2)3/h5-13,21-25,35,43H,14-20,26H2,1-4H3;4-8,16-20,27,35H,9-15H2,1-3H3,(H,36,39);2-10,16-18H,11-15,19H2,1H3;6-7,9H,4-5,11H2,1-3H3. The highest BCUT2D eigenvalue weighted by molar-refractivity contribution is 14.1. The van der Waals surface area contributed by atoms with E-state index in [9.17, 15) is 4.79 Å². The lowest BCUT2D eigenvalue weighted by Crippen LogP contribution is -2.36. The van der Waals surface area contributed by atoms with Crippen molar-refractivity contribution in [3.63, 3.8) is 0 Å². The van der Waals surface area contributed by atoms with Crippen LogP contribution >= 0.6 is 22.6 Å². The third-order valence-electron chi connectivity index (χ3n) is 25.5. The second-order valence-corrected chi connectivity index (χ2v) is 38.2. The van der Waals surface area contributed by atoms with Crippen LogP contribution in [0.2, 0.25) is 0 Å². The molecule has 0 bridgehead atoms. The predicted molar refractivity (Wildman–Crippen MR) is 566 cm³/mol. The fourth-order valence-electron chi connectivity index (χ4n) is 17.6. The number of anilines is 5. The van der Waals surface area contributed by atoms with Gasteiger partial charge in [0.25, 0.3) is 0 Å². The monoisotopic (exact) mass is 2020 g/mol. The molecule has 6 aromatic heterocycles. The van der Waals surface area contributed by atoms with Gasteiger partial charge in [0.15, 0.2) is 0 Å². The zero-order valence-corrected chi connectivity index (χ0v) is 84.8. The van der Waals surface area contributed by atoms with Crippen LogP contribution in [-0.2, 0) is 46.7 Å². The quantitative estimate of drug-likeness (QED) is 0.0304. The van der Waals surface area contributed by atoms with Crippen LogP contribution in [0.25, 0.3) is 33.8 Å². The fraction of sp³-hybridized carbons (Fsp3) is 0.330. The highest BCUT2D eigenvalue weighted by atomic mass is 127. The van der Waals surface area contributed by atoms with E-state index in [-0.39, 0.29) is 23.7 Å². The van der Waals surface area contributed by atoms with Crippen LogP contribution in [0.4, 0.5) is 28.4 Å². The Morgan fingerprint density at radius 3 is 1.20 bits per heavy atom. The number of hydrogen-bond acceptors (Lipinski definition) is 28. The van der Waals surface area contributed by atoms with Gasteiger partial charge in [-0.05, 0) is 256 Å². The SMILES string of the molecule is COc1ccc(COc2cc(N3CCOCC3)cc(-c3cccc4c3Oc3ccc(I)cc3C4)n2)cc1.COc1ccc(COc2cc(N3CCOCC3)cc(-c3cccc4c3Oc3ccc(NC(CCN(C)C)c5cnc(C)cn5)cc3C4)n2)cc1.Cc1cnc(C(CCN(C)C)Nc2ccc3c(c2)Cc2cccc(-c4cc(N5CCOCC5)cc(=O)[nH]4)c2O3)cn1.Cc1cnc(C(N)CCN(C)C)cn1. The molecule has 14 aromatic rings. The maximum absolute atomic E-state index is 12.6. The molecule has 3 unspecified atom stereocenters. The number of nitrogens with two attached hydrogens (primary N) is 1. The van der Waals surface area contributed by atoms with Gasteiger partial charge in [-0.2, -0.15) is 0 Å². The van der Waals surface area contributed by atoms with E-state index in [2.05, 4.69) is 229 Å². The molecule has 12 heterocycles. The van der Waals surface area contributed by atoms with Gasteiger partial charge in [-0.3, -0.25) is 34.7 Å². The molecule has 0 amide bonds. The Morgan fingerprint density at radius 1 is 0.415 bits per heavy atom. The number of aryl methyl sites for hydroxylation is 3. The molecule has 5 N–H and O–H groups in total. The van der Waals surface area contributed by atoms with Gasteiger partial charge in [0.2, 0.25) is 17.3 Å². The Hall–Kier alpha value is -13.7. The van der Waals surface area contributed by atoms with Crippen molar-refractivity contribution in [2.45, 2.75) is 90.6 Å². The Morgan fingerprint density at radius 2 is 0.796 bits per heavy atom. The lowest BCUT2D eigenvalue weighted by atomic mass is 9.96. The molecule has 29 nitrogen and oxygen atoms in total. The zero-order chi connectivity index (χ0) is 98.5. The lowest BCUT2D eigenvalue weighted by Gasteiger charge is -2.29. The number of para-hydroxylation sites is 3. The van der Waals surface area contributed by atoms with Crippen molar-refractivity contribution in [1.29, 1.82) is 0 Å². The molecule has 0 saturated carbocycles. The molecule has 736 valence electrons. The normalized spacial score (nSPS) is 14.5. The molecule has 30 heteroatoms. The topological polar surface area (TPSA) is 298 Å². The Kier molecular flexibility index (Phi) is 33.6. The number of benzene rings is 8. The number of rotatable bonds is 30. The van der Waals surface area contributed by atoms with Gasteiger partial charge in [0.1, 0.15) is 59.2 Å². The van der Waals surface area contributed by atoms with Gasteiger partial charge in [-0.25, -0.2) is 9.97 Å². The van der Waals surface area contributed by atoms with E-state index in [1.165, 1.54) is 9.13 Å². The van der Waals surface area contributed by atoms with E-state index in [0.717, 1.165) is 279 Å². The lowest BCUT2D eigenvalue weighted by molar-refractivity contribution is 0.122. The summed E-state index contributed by atoms with van der Waals surface area (Å²) in [5.41, 5.74) is 30.4. The van der Waals surface area contributed by atoms with E-state index in [0.29, 0.717) is 64.6 Å². The van der Waals surface area contributed by atoms with Crippen molar-refractivity contribution in [3.05, 3.63) is 324 Å². The number of aromatic amines is 1. The molecule has 142 heavy (non-hydrogen) atoms. The zero-order valence-electron chi connectivity index (χ0n) is 82.6. The van der Waals surface area contributed by atoms with E-state index in [1.807, 2.05) is 145 Å². The van der Waals surface area contributed by atoms with E-state index in [4.69, 9.17) is 63.1 Å². The van der Waals surface area contributed by atoms with Gasteiger partial charge < -0.3 is 98.1 Å². The number of morpholine rings is 3. The number of aromatic nitrogens is 9. The Labute approximate surface area is 844 Å². The number of nitrogens with zero attached hydrogens (tertiary/aromatic N) is 14. The van der Waals surface area contributed by atoms with Gasteiger partial charge in [-0.1, -0.05) is 60.7 Å². The molecule has 6 aliphatic rings. The molecule has 8 aromatic carbocycles. The molecule has 3 atom stereocenters. The Balaban J connectivity index is 0.000000138. The minimum Gasteiger partial charge on any atom is -0.497 e. The number of fused-ring (bicyclic) bond motifs is 6. The summed E-state index contributed by atoms with van der Waals surface area (Å²) < 4.78 is 60.7. The average Bonchev–Trinajstić information content (AvgIpc) is 0.776. The first-order valence-electron chi connectivity index (χ1n) is 48.4. The van der Waals surface area contributed by atoms with Crippen LogP contribution in [-0.4, -0.2) is 215 Å². The number of pyridine rings is 3. The summed E-state index contributed by atoms with van der Waals surface area (Å²) in [4.78, 5) is 65.7. The van der Waals surface area contributed by atoms with Crippen LogP contribution in [0.5, 0.6) is 57.8 Å². The number of ether oxygens (including phenoxy) is 10. The molecular formula is C112H125IN18O11. The fourth-order valence-corrected chi connectivity index (χ4v) is 18.2. The summed E-state index contributed by atoms with van der Waals surface area (Å²) in [6.45, 7) is 18.4. The molecule has 3 fully saturated rings. The number of hydrogen-bond donors (Lipinski definition) is 4. The van der Waals surface area contributed by atoms with Crippen LogP contribution in [0, 0.1) is 24.3 Å². The van der Waals surface area contributed by atoms with Gasteiger partial charge in [-0.15, -0.1) is 0 Å². The minimum absolute atomic E-state index is 0.00880. The van der Waals surface area contributed by atoms with E-state index >= 15 is 0 Å². The summed E-state index contributed by atoms with van der Waals surface area (Å²) in [6.07, 6.45) is 15.9. The third kappa shape index (κ3) is 26.4. The highest BCUT2D eigenvalue weighted by Gasteiger charge is 2.30. The minimum atomic E-state index is -0.129. The van der Waals surface area contributed by atoms with Crippen LogP contribution in [0.3, 0.4) is 0 Å². The second kappa shape index (κ2) is 47.7. The number of methoxy groups -OCH3 is 2. The number of halogens is 1. The number of H-pyrrole nitrogens is 1. The Bertz CT molecular complexity index is 6640. The van der Waals surface area contributed by atoms with Crippen molar-refractivity contribution in [2.75, 3.05) is 180 Å². The van der Waals surface area contributed by atoms with Crippen molar-refractivity contribution in [1.82, 2.24) is 59.6 Å². The largest absolute Gasteiger partial charge is 0.497 e. The maximum atomic E-state index is 12.6. The van der Waals surface area contributed by atoms with Crippen molar-refractivity contribution in [2.24, 2.45) is 5.73 Å². The van der Waals surface area contributed by atoms with Gasteiger partial charge in [0.05, 0.1) is 136 Å². The predicted octanol–water partition coefficient (Wildman–Crippen LogP) is 19.1. The average molecular weight is 2030 g/mol. The molecule has 0 radical (unpaired) electrons. The van der Waals surface area contributed by atoms with Crippen molar-refractivity contribution in [3.8, 4) is 91.5 Å². The van der Waals surface area contributed by atoms with E-state index < -0.39 is 0 Å². The molecule has 3 saturated heterocycles. The van der Waals surface area contributed by atoms with Crippen LogP contribution < -0.4 is 69.8 Å². The summed E-state index contributed by atoms with van der Waals surface area (Å²) >= 11 is 2.35. The smallest absolute Gasteiger partial charge is 0.250 e. The van der Waals surface area contributed by atoms with Crippen molar-refractivity contribution >= 4 is 51.0 Å². The first-order chi connectivity index (χ1) is 69.1. The summed E-state index contributed by atoms with van der Waals surface area (Å²) in [5, 5.41) is 7.41. The molecule has 20 rings (SSSR count). The van der Waals surface area contributed by atoms with Crippen LogP contribution in [0.15, 0.2) is 236 Å². The molecule has 0 spiro atoms. The van der Waals surface area contributed by atoms with Gasteiger partial charge in [0, 0.05) is 178 Å². The number of nitrogens with one attached hydrogen (secondary N) is 3. The van der Waals surface area contributed by atoms with Crippen molar-refractivity contribution < 1.29 is 47.4 Å². The first-order valence-corrected chi connectivity index (χ1v) is 49.5. The summed E-state index contributed by atoms with van der Waals surface area (Å²) in [6, 6.07) is 65.4. The molecule has 0 aliphatic carbocycles. The third-order valence-corrected chi connectivity index (χ3v) is 26.1. The van der Waals surface area contributed by atoms with E-state index in [1.54, 1.807) is 32.7 Å². The maximum Gasteiger partial charge on any atom is 0.250 e. The highest BCUT2D eigenvalue weighted by Crippen LogP contribution is 2.49. The summed E-state index contributed by atoms with van der Waals surface area (Å²) in [7, 11) is 15.7. The first kappa shape index (κ1) is 99.9. The van der Waals surface area contributed by atoms with Gasteiger partial charge >= 0.3 is 0 Å². The second-order valence-electron chi connectivity index (χ2n) is 36.9. The summed E-state index contributed by atoms with van der Waals surface area (Å²) in [5.74, 6) is 7.82. The van der Waals surface area contributed by atoms with Crippen LogP contribution in [0.1, 0.15) is 116 Å². The molecule has 6 aliphatic heterocycles. The molecular weight excluding hydrogens is 1900 g/mol.